The molecule has 10 heteroatoms. The predicted molar refractivity (Wildman–Crippen MR) is 113 cm³/mol. The molecule has 0 aliphatic carbocycles. The average molecular weight is 438 g/mol. The standard InChI is InChI=1S/C22H18N2O8/c1-2-31-14-10-12(8-9-13(14)32-22(30)11-6-4-3-5-7-11)15-16(20(26)27)18(23)24-19(25)17(15)21(28)29/h3-10H,2H2,1H3,(H,26,27)(H,28,29)(H3,23,24,25). The van der Waals surface area contributed by atoms with Gasteiger partial charge >= 0.3 is 17.9 Å². The number of nitrogen functional groups attached to an aromatic ring is 1. The summed E-state index contributed by atoms with van der Waals surface area (Å²) in [4.78, 5) is 50.2. The number of hydrogen-bond donors (Lipinski definition) is 4. The first-order valence-corrected chi connectivity index (χ1v) is 9.31. The highest BCUT2D eigenvalue weighted by molar-refractivity contribution is 6.07. The van der Waals surface area contributed by atoms with Crippen molar-refractivity contribution in [2.24, 2.45) is 0 Å². The van der Waals surface area contributed by atoms with Crippen LogP contribution in [-0.2, 0) is 0 Å². The van der Waals surface area contributed by atoms with Crippen LogP contribution < -0.4 is 20.8 Å². The van der Waals surface area contributed by atoms with Gasteiger partial charge in [-0.05, 0) is 36.8 Å². The van der Waals surface area contributed by atoms with Gasteiger partial charge in [0.2, 0.25) is 0 Å². The third kappa shape index (κ3) is 4.29. The molecular formula is C22H18N2O8. The van der Waals surface area contributed by atoms with Gasteiger partial charge in [0.05, 0.1) is 12.2 Å². The number of nitrogens with one attached hydrogen (secondary N) is 1. The third-order valence-corrected chi connectivity index (χ3v) is 4.42. The summed E-state index contributed by atoms with van der Waals surface area (Å²) >= 11 is 0. The van der Waals surface area contributed by atoms with E-state index >= 15 is 0 Å². The lowest BCUT2D eigenvalue weighted by atomic mass is 9.95. The van der Waals surface area contributed by atoms with Crippen LogP contribution in [0.1, 0.15) is 38.0 Å². The van der Waals surface area contributed by atoms with E-state index in [1.807, 2.05) is 4.98 Å². The number of carboxylic acid groups (broad SMARTS) is 2. The molecule has 0 unspecified atom stereocenters. The van der Waals surface area contributed by atoms with Crippen LogP contribution in [0, 0.1) is 0 Å². The molecule has 0 aliphatic heterocycles. The molecule has 0 saturated heterocycles. The molecule has 1 heterocycles. The number of carbonyl (C=O) groups excluding carboxylic acids is 1. The van der Waals surface area contributed by atoms with E-state index < -0.39 is 46.0 Å². The second-order valence-electron chi connectivity index (χ2n) is 6.45. The van der Waals surface area contributed by atoms with E-state index in [1.165, 1.54) is 18.2 Å². The van der Waals surface area contributed by atoms with Gasteiger partial charge < -0.3 is 30.4 Å². The summed E-state index contributed by atoms with van der Waals surface area (Å²) in [6.45, 7) is 1.83. The number of hydrogen-bond acceptors (Lipinski definition) is 7. The summed E-state index contributed by atoms with van der Waals surface area (Å²) < 4.78 is 10.9. The van der Waals surface area contributed by atoms with Crippen molar-refractivity contribution in [1.29, 1.82) is 0 Å². The first-order valence-electron chi connectivity index (χ1n) is 9.31. The third-order valence-electron chi connectivity index (χ3n) is 4.42. The summed E-state index contributed by atoms with van der Waals surface area (Å²) in [5.74, 6) is -4.26. The molecule has 0 aliphatic rings. The molecule has 32 heavy (non-hydrogen) atoms. The zero-order valence-corrected chi connectivity index (χ0v) is 16.7. The number of ether oxygens (including phenoxy) is 2. The fourth-order valence-corrected chi connectivity index (χ4v) is 3.08. The molecule has 2 aromatic carbocycles. The maximum absolute atomic E-state index is 12.4. The number of aromatic carboxylic acids is 2. The van der Waals surface area contributed by atoms with Crippen molar-refractivity contribution in [3.63, 3.8) is 0 Å². The van der Waals surface area contributed by atoms with Gasteiger partial charge in [-0.3, -0.25) is 4.79 Å². The van der Waals surface area contributed by atoms with Crippen LogP contribution in [0.2, 0.25) is 0 Å². The quantitative estimate of drug-likeness (QED) is 0.320. The van der Waals surface area contributed by atoms with Gasteiger partial charge in [0.1, 0.15) is 16.9 Å². The Hall–Kier alpha value is -4.60. The number of pyridine rings is 1. The highest BCUT2D eigenvalue weighted by Gasteiger charge is 2.27. The zero-order chi connectivity index (χ0) is 23.4. The largest absolute Gasteiger partial charge is 0.490 e. The van der Waals surface area contributed by atoms with Gasteiger partial charge in [0.15, 0.2) is 11.5 Å². The fourth-order valence-electron chi connectivity index (χ4n) is 3.08. The molecule has 0 fully saturated rings. The van der Waals surface area contributed by atoms with Crippen LogP contribution >= 0.6 is 0 Å². The number of rotatable bonds is 7. The molecule has 0 bridgehead atoms. The summed E-state index contributed by atoms with van der Waals surface area (Å²) in [5.41, 5.74) is 3.14. The number of aromatic amines is 1. The molecule has 10 nitrogen and oxygen atoms in total. The van der Waals surface area contributed by atoms with Gasteiger partial charge in [-0.2, -0.15) is 0 Å². The monoisotopic (exact) mass is 438 g/mol. The lowest BCUT2D eigenvalue weighted by molar-refractivity contribution is 0.0693. The van der Waals surface area contributed by atoms with Crippen molar-refractivity contribution < 1.29 is 34.1 Å². The van der Waals surface area contributed by atoms with Crippen molar-refractivity contribution in [3.8, 4) is 22.6 Å². The highest BCUT2D eigenvalue weighted by atomic mass is 16.6. The first-order chi connectivity index (χ1) is 15.2. The average Bonchev–Trinajstić information content (AvgIpc) is 2.74. The minimum absolute atomic E-state index is 0.0241. The first kappa shape index (κ1) is 22.1. The summed E-state index contributed by atoms with van der Waals surface area (Å²) in [7, 11) is 0. The number of anilines is 1. The van der Waals surface area contributed by atoms with Crippen molar-refractivity contribution in [2.45, 2.75) is 6.92 Å². The van der Waals surface area contributed by atoms with Gasteiger partial charge in [-0.25, -0.2) is 14.4 Å². The Labute approximate surface area is 180 Å². The number of carbonyl (C=O) groups is 3. The second-order valence-corrected chi connectivity index (χ2v) is 6.45. The lowest BCUT2D eigenvalue weighted by Gasteiger charge is -2.15. The number of carboxylic acids is 2. The number of H-pyrrole nitrogens is 1. The van der Waals surface area contributed by atoms with E-state index in [2.05, 4.69) is 0 Å². The molecule has 0 spiro atoms. The SMILES string of the molecule is CCOc1cc(-c2c(C(=O)O)c(N)[nH]c(=O)c2C(=O)O)ccc1OC(=O)c1ccccc1. The van der Waals surface area contributed by atoms with E-state index in [9.17, 15) is 29.4 Å². The summed E-state index contributed by atoms with van der Waals surface area (Å²) in [5, 5.41) is 19.1. The van der Waals surface area contributed by atoms with Crippen LogP contribution in [0.3, 0.4) is 0 Å². The van der Waals surface area contributed by atoms with E-state index in [1.54, 1.807) is 37.3 Å². The van der Waals surface area contributed by atoms with E-state index in [0.717, 1.165) is 0 Å². The lowest BCUT2D eigenvalue weighted by Crippen LogP contribution is -2.24. The summed E-state index contributed by atoms with van der Waals surface area (Å²) in [6, 6.07) is 12.1. The van der Waals surface area contributed by atoms with Crippen LogP contribution in [0.4, 0.5) is 5.82 Å². The Morgan fingerprint density at radius 3 is 2.22 bits per heavy atom. The maximum Gasteiger partial charge on any atom is 0.343 e. The molecule has 5 N–H and O–H groups in total. The zero-order valence-electron chi connectivity index (χ0n) is 16.7. The van der Waals surface area contributed by atoms with E-state index in [0.29, 0.717) is 5.56 Å². The number of benzene rings is 2. The normalized spacial score (nSPS) is 10.4. The molecule has 3 rings (SSSR count). The number of esters is 1. The summed E-state index contributed by atoms with van der Waals surface area (Å²) in [6.07, 6.45) is 0. The Kier molecular flexibility index (Phi) is 6.24. The second kappa shape index (κ2) is 9.04. The van der Waals surface area contributed by atoms with Crippen molar-refractivity contribution in [2.75, 3.05) is 12.3 Å². The number of aromatic nitrogens is 1. The number of nitrogens with two attached hydrogens (primary N) is 1. The minimum atomic E-state index is -1.64. The van der Waals surface area contributed by atoms with Crippen LogP contribution in [0.25, 0.3) is 11.1 Å². The Morgan fingerprint density at radius 2 is 1.62 bits per heavy atom. The van der Waals surface area contributed by atoms with Crippen LogP contribution in [0.15, 0.2) is 53.3 Å². The molecule has 3 aromatic rings. The molecule has 0 radical (unpaired) electrons. The predicted octanol–water partition coefficient (Wildman–Crippen LogP) is 2.64. The van der Waals surface area contributed by atoms with Gasteiger partial charge in [-0.15, -0.1) is 0 Å². The fraction of sp³-hybridized carbons (Fsp3) is 0.0909. The molecule has 0 saturated carbocycles. The van der Waals surface area contributed by atoms with Crippen molar-refractivity contribution >= 4 is 23.7 Å². The van der Waals surface area contributed by atoms with Crippen molar-refractivity contribution in [1.82, 2.24) is 4.98 Å². The highest BCUT2D eigenvalue weighted by Crippen LogP contribution is 2.36. The molecule has 164 valence electrons. The minimum Gasteiger partial charge on any atom is -0.490 e. The molecular weight excluding hydrogens is 420 g/mol. The molecule has 1 aromatic heterocycles. The van der Waals surface area contributed by atoms with Gasteiger partial charge in [0, 0.05) is 5.56 Å². The van der Waals surface area contributed by atoms with Gasteiger partial charge in [-0.1, -0.05) is 24.3 Å². The molecule has 0 amide bonds. The Balaban J connectivity index is 2.17. The molecule has 0 atom stereocenters. The van der Waals surface area contributed by atoms with Gasteiger partial charge in [0.25, 0.3) is 5.56 Å². The maximum atomic E-state index is 12.4. The van der Waals surface area contributed by atoms with Crippen LogP contribution in [0.5, 0.6) is 11.5 Å². The Bertz CT molecular complexity index is 1260. The van der Waals surface area contributed by atoms with Crippen molar-refractivity contribution in [3.05, 3.63) is 75.6 Å². The van der Waals surface area contributed by atoms with Crippen LogP contribution in [-0.4, -0.2) is 39.7 Å². The van der Waals surface area contributed by atoms with E-state index in [4.69, 9.17) is 15.2 Å². The van der Waals surface area contributed by atoms with E-state index in [-0.39, 0.29) is 23.7 Å². The Morgan fingerprint density at radius 1 is 0.969 bits per heavy atom. The smallest absolute Gasteiger partial charge is 0.343 e. The topological polar surface area (TPSA) is 169 Å².